The van der Waals surface area contributed by atoms with Crippen LogP contribution >= 0.6 is 34.4 Å². The van der Waals surface area contributed by atoms with E-state index in [1.807, 2.05) is 37.3 Å². The van der Waals surface area contributed by atoms with E-state index in [0.717, 1.165) is 11.3 Å². The van der Waals surface area contributed by atoms with Crippen molar-refractivity contribution in [3.05, 3.63) is 56.5 Å². The Kier molecular flexibility index (Phi) is 7.15. The summed E-state index contributed by atoms with van der Waals surface area (Å²) in [5, 5.41) is 12.1. The lowest BCUT2D eigenvalue weighted by Gasteiger charge is -2.13. The summed E-state index contributed by atoms with van der Waals surface area (Å²) in [6, 6.07) is 12.9. The van der Waals surface area contributed by atoms with Gasteiger partial charge in [0.25, 0.3) is 5.91 Å². The van der Waals surface area contributed by atoms with Crippen LogP contribution in [0.2, 0.25) is 0 Å². The van der Waals surface area contributed by atoms with Crippen molar-refractivity contribution in [2.45, 2.75) is 6.92 Å². The summed E-state index contributed by atoms with van der Waals surface area (Å²) in [4.78, 5) is 28.0. The van der Waals surface area contributed by atoms with Crippen molar-refractivity contribution < 1.29 is 24.2 Å². The van der Waals surface area contributed by atoms with Crippen molar-refractivity contribution in [2.24, 2.45) is 4.99 Å². The average molecular weight is 524 g/mol. The number of amidine groups is 1. The minimum absolute atomic E-state index is 0.233. The molecule has 1 saturated heterocycles. The Morgan fingerprint density at radius 1 is 1.28 bits per heavy atom. The predicted molar refractivity (Wildman–Crippen MR) is 121 cm³/mol. The summed E-state index contributed by atoms with van der Waals surface area (Å²) in [6.07, 6.45) is 1.74. The summed E-state index contributed by atoms with van der Waals surface area (Å²) < 4.78 is 11.6. The van der Waals surface area contributed by atoms with Gasteiger partial charge in [0.05, 0.1) is 20.8 Å². The number of carbonyl (C=O) groups excluding carboxylic acids is 1. The number of hydrogen-bond acceptors (Lipinski definition) is 6. The SMILES string of the molecule is CCOc1cc(/C=C2\SC(=Nc3ccccc3)NC2=O)cc(I)c1OCC(=O)O. The Labute approximate surface area is 185 Å². The molecule has 0 saturated carbocycles. The second-order valence-corrected chi connectivity index (χ2v) is 7.96. The fraction of sp³-hybridized carbons (Fsp3) is 0.150. The summed E-state index contributed by atoms with van der Waals surface area (Å²) in [5.41, 5.74) is 1.49. The van der Waals surface area contributed by atoms with Crippen molar-refractivity contribution in [1.82, 2.24) is 5.32 Å². The molecule has 3 rings (SSSR count). The zero-order valence-corrected chi connectivity index (χ0v) is 18.3. The molecule has 150 valence electrons. The quantitative estimate of drug-likeness (QED) is 0.419. The number of thioether (sulfide) groups is 1. The van der Waals surface area contributed by atoms with Crippen molar-refractivity contribution in [3.63, 3.8) is 0 Å². The van der Waals surface area contributed by atoms with Gasteiger partial charge in [-0.25, -0.2) is 9.79 Å². The molecule has 2 N–H and O–H groups in total. The number of carboxylic acid groups (broad SMARTS) is 1. The van der Waals surface area contributed by atoms with Crippen LogP contribution in [0.5, 0.6) is 11.5 Å². The van der Waals surface area contributed by atoms with Crippen molar-refractivity contribution >= 4 is 63.2 Å². The molecular weight excluding hydrogens is 507 g/mol. The van der Waals surface area contributed by atoms with Crippen molar-refractivity contribution in [3.8, 4) is 11.5 Å². The molecule has 0 spiro atoms. The molecule has 2 aromatic rings. The second kappa shape index (κ2) is 9.79. The van der Waals surface area contributed by atoms with Crippen LogP contribution < -0.4 is 14.8 Å². The van der Waals surface area contributed by atoms with E-state index in [1.165, 1.54) is 11.8 Å². The lowest BCUT2D eigenvalue weighted by atomic mass is 10.2. The number of ether oxygens (including phenoxy) is 2. The van der Waals surface area contributed by atoms with Gasteiger partial charge >= 0.3 is 5.97 Å². The summed E-state index contributed by atoms with van der Waals surface area (Å²) in [5.74, 6) is -0.511. The number of halogens is 1. The third-order valence-corrected chi connectivity index (χ3v) is 5.32. The summed E-state index contributed by atoms with van der Waals surface area (Å²) in [6.45, 7) is 1.75. The zero-order chi connectivity index (χ0) is 20.8. The van der Waals surface area contributed by atoms with Gasteiger partial charge in [-0.15, -0.1) is 0 Å². The van der Waals surface area contributed by atoms with Gasteiger partial charge in [-0.2, -0.15) is 0 Å². The number of aliphatic imine (C=N–C) groups is 1. The molecule has 0 aliphatic carbocycles. The lowest BCUT2D eigenvalue weighted by Crippen LogP contribution is -2.19. The van der Waals surface area contributed by atoms with Crippen LogP contribution in [0.25, 0.3) is 6.08 Å². The number of para-hydroxylation sites is 1. The van der Waals surface area contributed by atoms with Gasteiger partial charge in [-0.05, 0) is 77.2 Å². The fourth-order valence-corrected chi connectivity index (χ4v) is 4.08. The topological polar surface area (TPSA) is 97.2 Å². The second-order valence-electron chi connectivity index (χ2n) is 5.76. The van der Waals surface area contributed by atoms with E-state index in [2.05, 4.69) is 32.9 Å². The number of hydrogen-bond donors (Lipinski definition) is 2. The minimum Gasteiger partial charge on any atom is -0.490 e. The largest absolute Gasteiger partial charge is 0.490 e. The van der Waals surface area contributed by atoms with Gasteiger partial charge in [0.1, 0.15) is 0 Å². The van der Waals surface area contributed by atoms with E-state index in [1.54, 1.807) is 18.2 Å². The first-order chi connectivity index (χ1) is 14.0. The number of carbonyl (C=O) groups is 2. The number of nitrogens with one attached hydrogen (secondary N) is 1. The Morgan fingerprint density at radius 3 is 2.72 bits per heavy atom. The molecule has 2 aromatic carbocycles. The molecule has 1 aliphatic rings. The van der Waals surface area contributed by atoms with Crippen LogP contribution in [0, 0.1) is 3.57 Å². The molecule has 0 aromatic heterocycles. The van der Waals surface area contributed by atoms with E-state index >= 15 is 0 Å². The molecular formula is C20H17IN2O5S. The highest BCUT2D eigenvalue weighted by Crippen LogP contribution is 2.36. The maximum Gasteiger partial charge on any atom is 0.341 e. The summed E-state index contributed by atoms with van der Waals surface area (Å²) in [7, 11) is 0. The minimum atomic E-state index is -1.07. The first kappa shape index (κ1) is 21.2. The third-order valence-electron chi connectivity index (χ3n) is 3.61. The van der Waals surface area contributed by atoms with E-state index in [-0.39, 0.29) is 5.91 Å². The molecule has 1 heterocycles. The first-order valence-electron chi connectivity index (χ1n) is 8.62. The van der Waals surface area contributed by atoms with Crippen molar-refractivity contribution in [2.75, 3.05) is 13.2 Å². The number of benzene rings is 2. The molecule has 0 atom stereocenters. The van der Waals surface area contributed by atoms with Crippen molar-refractivity contribution in [1.29, 1.82) is 0 Å². The van der Waals surface area contributed by atoms with Crippen LogP contribution in [-0.2, 0) is 9.59 Å². The van der Waals surface area contributed by atoms with Crippen LogP contribution in [0.1, 0.15) is 12.5 Å². The number of nitrogens with zero attached hydrogens (tertiary/aromatic N) is 1. The maximum atomic E-state index is 12.3. The number of carboxylic acids is 1. The van der Waals surface area contributed by atoms with Gasteiger partial charge in [0.2, 0.25) is 0 Å². The zero-order valence-electron chi connectivity index (χ0n) is 15.3. The normalized spacial score (nSPS) is 16.1. The Balaban J connectivity index is 1.86. The molecule has 9 heteroatoms. The summed E-state index contributed by atoms with van der Waals surface area (Å²) >= 11 is 3.30. The molecule has 29 heavy (non-hydrogen) atoms. The highest BCUT2D eigenvalue weighted by molar-refractivity contribution is 14.1. The third kappa shape index (κ3) is 5.73. The first-order valence-corrected chi connectivity index (χ1v) is 10.5. The van der Waals surface area contributed by atoms with E-state index < -0.39 is 12.6 Å². The molecule has 0 unspecified atom stereocenters. The van der Waals surface area contributed by atoms with Gasteiger partial charge in [0.15, 0.2) is 23.3 Å². The number of rotatable bonds is 7. The van der Waals surface area contributed by atoms with Crippen LogP contribution in [0.15, 0.2) is 52.4 Å². The predicted octanol–water partition coefficient (Wildman–Crippen LogP) is 4.04. The van der Waals surface area contributed by atoms with Crippen LogP contribution in [-0.4, -0.2) is 35.4 Å². The molecule has 1 amide bonds. The van der Waals surface area contributed by atoms with E-state index in [0.29, 0.717) is 31.7 Å². The number of amides is 1. The molecule has 1 fully saturated rings. The Bertz CT molecular complexity index is 992. The van der Waals surface area contributed by atoms with Gasteiger partial charge in [-0.3, -0.25) is 4.79 Å². The van der Waals surface area contributed by atoms with E-state index in [9.17, 15) is 9.59 Å². The standard InChI is InChI=1S/C20H17IN2O5S/c1-2-27-15-9-12(8-14(21)18(15)28-11-17(24)25)10-16-19(26)23-20(29-16)22-13-6-4-3-5-7-13/h3-10H,2,11H2,1H3,(H,24,25)(H,22,23,26)/b16-10-. The van der Waals surface area contributed by atoms with Gasteiger partial charge < -0.3 is 19.9 Å². The van der Waals surface area contributed by atoms with Crippen LogP contribution in [0.4, 0.5) is 5.69 Å². The Morgan fingerprint density at radius 2 is 2.03 bits per heavy atom. The lowest BCUT2D eigenvalue weighted by molar-refractivity contribution is -0.139. The monoisotopic (exact) mass is 524 g/mol. The highest BCUT2D eigenvalue weighted by atomic mass is 127. The average Bonchev–Trinajstić information content (AvgIpc) is 3.00. The number of aliphatic carboxylic acids is 1. The molecule has 0 radical (unpaired) electrons. The van der Waals surface area contributed by atoms with E-state index in [4.69, 9.17) is 14.6 Å². The molecule has 7 nitrogen and oxygen atoms in total. The fourth-order valence-electron chi connectivity index (χ4n) is 2.46. The maximum absolute atomic E-state index is 12.3. The van der Waals surface area contributed by atoms with Gasteiger partial charge in [0, 0.05) is 0 Å². The van der Waals surface area contributed by atoms with Gasteiger partial charge in [-0.1, -0.05) is 18.2 Å². The van der Waals surface area contributed by atoms with Crippen LogP contribution in [0.3, 0.4) is 0 Å². The smallest absolute Gasteiger partial charge is 0.341 e. The molecule has 1 aliphatic heterocycles. The highest BCUT2D eigenvalue weighted by Gasteiger charge is 2.24. The Hall–Kier alpha value is -2.53. The molecule has 0 bridgehead atoms.